The van der Waals surface area contributed by atoms with Gasteiger partial charge in [-0.15, -0.1) is 6.58 Å². The molecule has 0 N–H and O–H groups in total. The summed E-state index contributed by atoms with van der Waals surface area (Å²) in [6, 6.07) is 0. The van der Waals surface area contributed by atoms with Gasteiger partial charge in [-0.1, -0.05) is 37.5 Å². The molecule has 0 fully saturated rings. The Hall–Kier alpha value is -1.37. The molecule has 1 heteroatoms. The molecular weight excluding hydrogens is 136 g/mol. The lowest BCUT2D eigenvalue weighted by Crippen LogP contribution is -1.97. The van der Waals surface area contributed by atoms with Gasteiger partial charge in [-0.25, -0.2) is 0 Å². The minimum Gasteiger partial charge on any atom is -0.294 e. The van der Waals surface area contributed by atoms with E-state index in [0.29, 0.717) is 12.0 Å². The molecule has 0 unspecified atom stereocenters. The summed E-state index contributed by atoms with van der Waals surface area (Å²) in [6.45, 7) is 10.5. The molecule has 0 aliphatic carbocycles. The highest BCUT2D eigenvalue weighted by Crippen LogP contribution is 2.01. The Morgan fingerprint density at radius 1 is 1.27 bits per heavy atom. The normalized spacial score (nSPS) is 10.4. The van der Waals surface area contributed by atoms with Gasteiger partial charge in [0.2, 0.25) is 0 Å². The molecule has 1 nitrogen and oxygen atoms in total. The van der Waals surface area contributed by atoms with Gasteiger partial charge in [0.15, 0.2) is 5.78 Å². The molecule has 0 aromatic rings. The van der Waals surface area contributed by atoms with E-state index in [-0.39, 0.29) is 5.78 Å². The average Bonchev–Trinajstić information content (AvgIpc) is 2.00. The van der Waals surface area contributed by atoms with Crippen LogP contribution in [0.1, 0.15) is 6.42 Å². The molecule has 58 valence electrons. The number of hydrogen-bond acceptors (Lipinski definition) is 1. The first kappa shape index (κ1) is 9.63. The smallest absolute Gasteiger partial charge is 0.166 e. The van der Waals surface area contributed by atoms with E-state index in [9.17, 15) is 4.79 Å². The van der Waals surface area contributed by atoms with E-state index in [0.717, 1.165) is 0 Å². The summed E-state index contributed by atoms with van der Waals surface area (Å²) in [4.78, 5) is 11.1. The van der Waals surface area contributed by atoms with Crippen molar-refractivity contribution >= 4 is 5.78 Å². The van der Waals surface area contributed by atoms with Crippen LogP contribution in [0.3, 0.4) is 0 Å². The number of allylic oxidation sites excluding steroid dienone is 5. The fourth-order valence-electron chi connectivity index (χ4n) is 0.651. The number of carbonyl (C=O) groups is 1. The summed E-state index contributed by atoms with van der Waals surface area (Å²) in [5.41, 5.74) is 0.583. The molecule has 0 amide bonds. The number of ketones is 1. The second kappa shape index (κ2) is 5.42. The first-order chi connectivity index (χ1) is 5.26. The van der Waals surface area contributed by atoms with Gasteiger partial charge in [0, 0.05) is 12.0 Å². The Bertz CT molecular complexity index is 209. The van der Waals surface area contributed by atoms with Crippen LogP contribution in [-0.4, -0.2) is 5.78 Å². The molecule has 11 heavy (non-hydrogen) atoms. The van der Waals surface area contributed by atoms with E-state index in [1.165, 1.54) is 6.08 Å². The zero-order chi connectivity index (χ0) is 8.69. The van der Waals surface area contributed by atoms with E-state index in [1.54, 1.807) is 18.2 Å². The molecule has 0 aromatic heterocycles. The van der Waals surface area contributed by atoms with Gasteiger partial charge in [-0.2, -0.15) is 0 Å². The Morgan fingerprint density at radius 2 is 1.91 bits per heavy atom. The molecule has 0 saturated carbocycles. The molecule has 0 aliphatic heterocycles. The maximum atomic E-state index is 11.1. The van der Waals surface area contributed by atoms with Gasteiger partial charge < -0.3 is 0 Å². The molecule has 0 heterocycles. The zero-order valence-corrected chi connectivity index (χ0v) is 6.55. The molecule has 0 radical (unpaired) electrons. The van der Waals surface area contributed by atoms with Crippen LogP contribution >= 0.6 is 0 Å². The number of hydrogen-bond donors (Lipinski definition) is 0. The van der Waals surface area contributed by atoms with Crippen LogP contribution in [0, 0.1) is 0 Å². The maximum absolute atomic E-state index is 11.1. The Labute approximate surface area is 67.4 Å². The van der Waals surface area contributed by atoms with Crippen molar-refractivity contribution in [2.45, 2.75) is 6.42 Å². The first-order valence-corrected chi connectivity index (χ1v) is 3.35. The van der Waals surface area contributed by atoms with Gasteiger partial charge in [-0.05, 0) is 0 Å². The average molecular weight is 148 g/mol. The largest absolute Gasteiger partial charge is 0.294 e. The summed E-state index contributed by atoms with van der Waals surface area (Å²) in [7, 11) is 0. The molecule has 0 rings (SSSR count). The van der Waals surface area contributed by atoms with E-state index < -0.39 is 0 Å². The predicted octanol–water partition coefficient (Wildman–Crippen LogP) is 2.43. The molecule has 0 saturated heterocycles. The highest BCUT2D eigenvalue weighted by Gasteiger charge is 2.00. The molecule has 0 aliphatic rings. The van der Waals surface area contributed by atoms with Gasteiger partial charge in [-0.3, -0.25) is 4.79 Å². The second-order valence-corrected chi connectivity index (χ2v) is 1.98. The van der Waals surface area contributed by atoms with Crippen LogP contribution in [0.2, 0.25) is 0 Å². The van der Waals surface area contributed by atoms with Crippen LogP contribution in [0.5, 0.6) is 0 Å². The lowest BCUT2D eigenvalue weighted by Gasteiger charge is -1.94. The van der Waals surface area contributed by atoms with E-state index in [1.807, 2.05) is 0 Å². The van der Waals surface area contributed by atoms with Gasteiger partial charge in [0.05, 0.1) is 0 Å². The van der Waals surface area contributed by atoms with Crippen LogP contribution in [0.4, 0.5) is 0 Å². The van der Waals surface area contributed by atoms with Crippen molar-refractivity contribution in [3.63, 3.8) is 0 Å². The quantitative estimate of drug-likeness (QED) is 0.332. The highest BCUT2D eigenvalue weighted by molar-refractivity contribution is 5.98. The van der Waals surface area contributed by atoms with E-state index in [4.69, 9.17) is 0 Å². The third-order valence-electron chi connectivity index (χ3n) is 1.17. The van der Waals surface area contributed by atoms with Crippen LogP contribution in [-0.2, 0) is 4.79 Å². The zero-order valence-electron chi connectivity index (χ0n) is 6.55. The Balaban J connectivity index is 4.37. The number of rotatable bonds is 5. The van der Waals surface area contributed by atoms with E-state index >= 15 is 0 Å². The monoisotopic (exact) mass is 148 g/mol. The number of Topliss-reactive ketones (excluding diaryl/α,β-unsaturated/α-hetero) is 1. The maximum Gasteiger partial charge on any atom is 0.166 e. The van der Waals surface area contributed by atoms with Crippen LogP contribution in [0.25, 0.3) is 0 Å². The minimum absolute atomic E-state index is 0.0231. The molecule has 0 aromatic carbocycles. The third kappa shape index (κ3) is 3.36. The van der Waals surface area contributed by atoms with Crippen molar-refractivity contribution in [2.24, 2.45) is 0 Å². The SMILES string of the molecule is C=C/C=C(\C=C)C(=O)CC=C. The molecule has 0 spiro atoms. The first-order valence-electron chi connectivity index (χ1n) is 3.35. The molecule has 0 atom stereocenters. The van der Waals surface area contributed by atoms with Crippen LogP contribution in [0.15, 0.2) is 49.6 Å². The van der Waals surface area contributed by atoms with Crippen LogP contribution < -0.4 is 0 Å². The van der Waals surface area contributed by atoms with Crippen molar-refractivity contribution < 1.29 is 4.79 Å². The van der Waals surface area contributed by atoms with Crippen molar-refractivity contribution in [1.82, 2.24) is 0 Å². The van der Waals surface area contributed by atoms with E-state index in [2.05, 4.69) is 19.7 Å². The topological polar surface area (TPSA) is 17.1 Å². The van der Waals surface area contributed by atoms with Gasteiger partial charge >= 0.3 is 0 Å². The summed E-state index contributed by atoms with van der Waals surface area (Å²) >= 11 is 0. The van der Waals surface area contributed by atoms with Gasteiger partial charge in [0.1, 0.15) is 0 Å². The molecular formula is C10H12O. The summed E-state index contributed by atoms with van der Waals surface area (Å²) in [6.07, 6.45) is 6.65. The van der Waals surface area contributed by atoms with Crippen molar-refractivity contribution in [3.8, 4) is 0 Å². The summed E-state index contributed by atoms with van der Waals surface area (Å²) < 4.78 is 0. The minimum atomic E-state index is 0.0231. The van der Waals surface area contributed by atoms with Gasteiger partial charge in [0.25, 0.3) is 0 Å². The summed E-state index contributed by atoms with van der Waals surface area (Å²) in [5, 5.41) is 0. The van der Waals surface area contributed by atoms with Crippen molar-refractivity contribution in [2.75, 3.05) is 0 Å². The fraction of sp³-hybridized carbons (Fsp3) is 0.100. The fourth-order valence-corrected chi connectivity index (χ4v) is 0.651. The lowest BCUT2D eigenvalue weighted by atomic mass is 10.1. The number of carbonyl (C=O) groups excluding carboxylic acids is 1. The Kier molecular flexibility index (Phi) is 4.74. The standard InChI is InChI=1S/C10H12O/c1-4-7-9(6-3)10(11)8-5-2/h4-7H,1-3,8H2/b9-7+. The predicted molar refractivity (Wildman–Crippen MR) is 48.3 cm³/mol. The highest BCUT2D eigenvalue weighted by atomic mass is 16.1. The second-order valence-electron chi connectivity index (χ2n) is 1.98. The van der Waals surface area contributed by atoms with Crippen molar-refractivity contribution in [1.29, 1.82) is 0 Å². The third-order valence-corrected chi connectivity index (χ3v) is 1.17. The molecule has 0 bridgehead atoms. The lowest BCUT2D eigenvalue weighted by molar-refractivity contribution is -0.114. The van der Waals surface area contributed by atoms with Crippen molar-refractivity contribution in [3.05, 3.63) is 49.6 Å². The Morgan fingerprint density at radius 3 is 2.27 bits per heavy atom. The summed E-state index contributed by atoms with van der Waals surface area (Å²) in [5.74, 6) is 0.0231.